The van der Waals surface area contributed by atoms with E-state index in [0.29, 0.717) is 6.04 Å². The van der Waals surface area contributed by atoms with Gasteiger partial charge in [-0.3, -0.25) is 4.68 Å². The van der Waals surface area contributed by atoms with Crippen LogP contribution in [-0.4, -0.2) is 50.3 Å². The molecule has 2 aromatic rings. The summed E-state index contributed by atoms with van der Waals surface area (Å²) in [7, 11) is 2.01. The Morgan fingerprint density at radius 2 is 2.09 bits per heavy atom. The summed E-state index contributed by atoms with van der Waals surface area (Å²) in [5, 5.41) is 7.75. The molecule has 1 saturated heterocycles. The minimum Gasteiger partial charge on any atom is -0.367 e. The van der Waals surface area contributed by atoms with E-state index < -0.39 is 0 Å². The Balaban J connectivity index is 1.43. The first-order valence-electron chi connectivity index (χ1n) is 7.95. The Morgan fingerprint density at radius 1 is 1.27 bits per heavy atom. The molecule has 0 unspecified atom stereocenters. The zero-order valence-electron chi connectivity index (χ0n) is 13.4. The highest BCUT2D eigenvalue weighted by Crippen LogP contribution is 2.15. The summed E-state index contributed by atoms with van der Waals surface area (Å²) in [5.41, 5.74) is 2.31. The highest BCUT2D eigenvalue weighted by atomic mass is 15.3. The first-order chi connectivity index (χ1) is 10.7. The smallest absolute Gasteiger partial charge is 0.129 e. The number of hydrogen-bond donors (Lipinski definition) is 1. The summed E-state index contributed by atoms with van der Waals surface area (Å²) in [5.74, 6) is 0.945. The fourth-order valence-electron chi connectivity index (χ4n) is 2.96. The van der Waals surface area contributed by atoms with Gasteiger partial charge in [0.2, 0.25) is 0 Å². The minimum atomic E-state index is 0.516. The molecule has 1 fully saturated rings. The molecule has 0 atom stereocenters. The Kier molecular flexibility index (Phi) is 4.68. The quantitative estimate of drug-likeness (QED) is 0.909. The topological polar surface area (TPSA) is 58.9 Å². The van der Waals surface area contributed by atoms with Crippen LogP contribution in [0, 0.1) is 6.92 Å². The summed E-state index contributed by atoms with van der Waals surface area (Å²) < 4.78 is 1.96. The standard InChI is InChI=1S/C16H24N6/c1-13-11-16(18-12-17-13)20-14-4-8-22(9-5-14)10-6-15-3-7-19-21(15)2/h3,7,11-12,14H,4-6,8-10H2,1-2H3,(H,17,18,20). The molecule has 0 aliphatic carbocycles. The third-order valence-corrected chi connectivity index (χ3v) is 4.35. The number of anilines is 1. The largest absolute Gasteiger partial charge is 0.367 e. The number of rotatable bonds is 5. The van der Waals surface area contributed by atoms with Gasteiger partial charge in [-0.2, -0.15) is 5.10 Å². The second-order valence-corrected chi connectivity index (χ2v) is 6.00. The van der Waals surface area contributed by atoms with Crippen LogP contribution in [0.25, 0.3) is 0 Å². The molecule has 22 heavy (non-hydrogen) atoms. The molecule has 3 heterocycles. The molecule has 2 aromatic heterocycles. The van der Waals surface area contributed by atoms with Gasteiger partial charge in [0, 0.05) is 62.8 Å². The molecular weight excluding hydrogens is 276 g/mol. The van der Waals surface area contributed by atoms with Crippen molar-refractivity contribution in [2.24, 2.45) is 7.05 Å². The molecule has 1 N–H and O–H groups in total. The third kappa shape index (κ3) is 3.82. The van der Waals surface area contributed by atoms with E-state index in [2.05, 4.69) is 31.3 Å². The Hall–Kier alpha value is -1.95. The maximum Gasteiger partial charge on any atom is 0.129 e. The van der Waals surface area contributed by atoms with Crippen molar-refractivity contribution >= 4 is 5.82 Å². The first-order valence-corrected chi connectivity index (χ1v) is 7.95. The summed E-state index contributed by atoms with van der Waals surface area (Å²) in [6.45, 7) is 5.38. The van der Waals surface area contributed by atoms with E-state index in [1.165, 1.54) is 5.69 Å². The number of aromatic nitrogens is 4. The van der Waals surface area contributed by atoms with E-state index in [-0.39, 0.29) is 0 Å². The fourth-order valence-corrected chi connectivity index (χ4v) is 2.96. The van der Waals surface area contributed by atoms with Crippen LogP contribution in [-0.2, 0) is 13.5 Å². The van der Waals surface area contributed by atoms with Crippen LogP contribution in [0.4, 0.5) is 5.82 Å². The molecule has 0 bridgehead atoms. The van der Waals surface area contributed by atoms with Crippen molar-refractivity contribution in [1.82, 2.24) is 24.6 Å². The van der Waals surface area contributed by atoms with Crippen molar-refractivity contribution in [3.63, 3.8) is 0 Å². The van der Waals surface area contributed by atoms with Gasteiger partial charge in [0.25, 0.3) is 0 Å². The lowest BCUT2D eigenvalue weighted by Gasteiger charge is -2.32. The molecule has 0 radical (unpaired) electrons. The maximum atomic E-state index is 4.29. The zero-order chi connectivity index (χ0) is 15.4. The summed E-state index contributed by atoms with van der Waals surface area (Å²) in [4.78, 5) is 11.0. The minimum absolute atomic E-state index is 0.516. The van der Waals surface area contributed by atoms with Crippen LogP contribution in [0.3, 0.4) is 0 Å². The SMILES string of the molecule is Cc1cc(NC2CCN(CCc3ccnn3C)CC2)ncn1. The average Bonchev–Trinajstić information content (AvgIpc) is 2.92. The van der Waals surface area contributed by atoms with Crippen LogP contribution in [0.2, 0.25) is 0 Å². The highest BCUT2D eigenvalue weighted by Gasteiger charge is 2.19. The van der Waals surface area contributed by atoms with Gasteiger partial charge in [0.1, 0.15) is 12.1 Å². The lowest BCUT2D eigenvalue weighted by Crippen LogP contribution is -2.40. The summed E-state index contributed by atoms with van der Waals surface area (Å²) >= 11 is 0. The molecule has 0 saturated carbocycles. The lowest BCUT2D eigenvalue weighted by molar-refractivity contribution is 0.220. The third-order valence-electron chi connectivity index (χ3n) is 4.35. The molecule has 0 spiro atoms. The fraction of sp³-hybridized carbons (Fsp3) is 0.562. The van der Waals surface area contributed by atoms with Crippen LogP contribution in [0.1, 0.15) is 24.2 Å². The summed E-state index contributed by atoms with van der Waals surface area (Å²) in [6.07, 6.45) is 6.89. The van der Waals surface area contributed by atoms with Gasteiger partial charge in [0.15, 0.2) is 0 Å². The normalized spacial score (nSPS) is 16.8. The zero-order valence-corrected chi connectivity index (χ0v) is 13.4. The van der Waals surface area contributed by atoms with Crippen molar-refractivity contribution < 1.29 is 0 Å². The van der Waals surface area contributed by atoms with Crippen molar-refractivity contribution in [3.05, 3.63) is 36.0 Å². The van der Waals surface area contributed by atoms with Gasteiger partial charge in [-0.15, -0.1) is 0 Å². The number of piperidine rings is 1. The van der Waals surface area contributed by atoms with E-state index >= 15 is 0 Å². The molecule has 0 amide bonds. The van der Waals surface area contributed by atoms with Crippen molar-refractivity contribution in [3.8, 4) is 0 Å². The van der Waals surface area contributed by atoms with E-state index in [0.717, 1.165) is 50.4 Å². The molecule has 6 nitrogen and oxygen atoms in total. The molecule has 1 aliphatic rings. The van der Waals surface area contributed by atoms with Crippen LogP contribution in [0.15, 0.2) is 24.7 Å². The highest BCUT2D eigenvalue weighted by molar-refractivity contribution is 5.35. The van der Waals surface area contributed by atoms with Crippen molar-refractivity contribution in [2.45, 2.75) is 32.2 Å². The van der Waals surface area contributed by atoms with Crippen LogP contribution in [0.5, 0.6) is 0 Å². The van der Waals surface area contributed by atoms with Crippen LogP contribution >= 0.6 is 0 Å². The molecule has 6 heteroatoms. The number of aryl methyl sites for hydroxylation is 2. The Bertz CT molecular complexity index is 600. The van der Waals surface area contributed by atoms with Gasteiger partial charge < -0.3 is 10.2 Å². The Morgan fingerprint density at radius 3 is 2.77 bits per heavy atom. The number of hydrogen-bond acceptors (Lipinski definition) is 5. The molecule has 3 rings (SSSR count). The van der Waals surface area contributed by atoms with Gasteiger partial charge in [-0.05, 0) is 25.8 Å². The lowest BCUT2D eigenvalue weighted by atomic mass is 10.0. The maximum absolute atomic E-state index is 4.29. The molecule has 118 valence electrons. The van der Waals surface area contributed by atoms with Gasteiger partial charge in [0.05, 0.1) is 0 Å². The number of nitrogens with one attached hydrogen (secondary N) is 1. The molecule has 1 aliphatic heterocycles. The van der Waals surface area contributed by atoms with Gasteiger partial charge >= 0.3 is 0 Å². The second-order valence-electron chi connectivity index (χ2n) is 6.00. The monoisotopic (exact) mass is 300 g/mol. The van der Waals surface area contributed by atoms with Gasteiger partial charge in [-0.1, -0.05) is 0 Å². The number of likely N-dealkylation sites (tertiary alicyclic amines) is 1. The Labute approximate surface area is 131 Å². The second kappa shape index (κ2) is 6.87. The summed E-state index contributed by atoms with van der Waals surface area (Å²) in [6, 6.07) is 4.63. The first kappa shape index (κ1) is 15.0. The van der Waals surface area contributed by atoms with E-state index in [1.807, 2.05) is 30.9 Å². The molecule has 0 aromatic carbocycles. The van der Waals surface area contributed by atoms with Crippen LogP contribution < -0.4 is 5.32 Å². The van der Waals surface area contributed by atoms with E-state index in [4.69, 9.17) is 0 Å². The predicted molar refractivity (Wildman–Crippen MR) is 86.8 cm³/mol. The van der Waals surface area contributed by atoms with Crippen molar-refractivity contribution in [2.75, 3.05) is 25.0 Å². The van der Waals surface area contributed by atoms with Gasteiger partial charge in [-0.25, -0.2) is 9.97 Å². The van der Waals surface area contributed by atoms with Crippen molar-refractivity contribution in [1.29, 1.82) is 0 Å². The average molecular weight is 300 g/mol. The van der Waals surface area contributed by atoms with E-state index in [9.17, 15) is 0 Å². The van der Waals surface area contributed by atoms with E-state index in [1.54, 1.807) is 6.33 Å². The number of nitrogens with zero attached hydrogens (tertiary/aromatic N) is 5. The predicted octanol–water partition coefficient (Wildman–Crippen LogP) is 1.64. The molecular formula is C16H24N6.